The quantitative estimate of drug-likeness (QED) is 0.303. The van der Waals surface area contributed by atoms with E-state index in [1.54, 1.807) is 32.8 Å². The predicted molar refractivity (Wildman–Crippen MR) is 105 cm³/mol. The van der Waals surface area contributed by atoms with Crippen molar-refractivity contribution in [1.82, 2.24) is 0 Å². The van der Waals surface area contributed by atoms with Gasteiger partial charge in [-0.05, 0) is 23.3 Å². The first-order chi connectivity index (χ1) is 10.9. The molecule has 24 heavy (non-hydrogen) atoms. The van der Waals surface area contributed by atoms with Crippen LogP contribution in [-0.4, -0.2) is 42.5 Å². The number of hydrogen-bond acceptors (Lipinski definition) is 5. The van der Waals surface area contributed by atoms with Crippen molar-refractivity contribution in [3.8, 4) is 10.4 Å². The van der Waals surface area contributed by atoms with E-state index in [1.807, 2.05) is 18.2 Å². The Hall–Kier alpha value is -0.380. The molecule has 2 aromatic carbocycles. The Morgan fingerprint density at radius 2 is 1.58 bits per heavy atom. The Morgan fingerprint density at radius 3 is 2.17 bits per heavy atom. The molecule has 0 radical (unpaired) electrons. The van der Waals surface area contributed by atoms with Crippen LogP contribution in [0.3, 0.4) is 0 Å². The van der Waals surface area contributed by atoms with Crippen molar-refractivity contribution in [3.05, 3.63) is 69.5 Å². The Kier molecular flexibility index (Phi) is 6.92. The van der Waals surface area contributed by atoms with E-state index in [4.69, 9.17) is 16.8 Å². The maximum atomic E-state index is 11.1. The van der Waals surface area contributed by atoms with E-state index < -0.39 is 10.1 Å². The molecule has 3 rings (SSSR count). The fourth-order valence-electron chi connectivity index (χ4n) is 2.22. The molecule has 1 N–H and O–H groups in total. The number of hydrogen-bond donors (Lipinski definition) is 1. The summed E-state index contributed by atoms with van der Waals surface area (Å²) in [7, 11) is -0.927. The Balaban J connectivity index is 0.00000208. The zero-order chi connectivity index (χ0) is 16.4. The molecule has 1 heterocycles. The topological polar surface area (TPSA) is 54.4 Å². The van der Waals surface area contributed by atoms with Crippen LogP contribution in [0.25, 0.3) is 10.4 Å². The van der Waals surface area contributed by atoms with Crippen molar-refractivity contribution in [1.29, 1.82) is 0 Å². The molecule has 8 heteroatoms. The van der Waals surface area contributed by atoms with Crippen LogP contribution in [0.15, 0.2) is 59.5 Å². The summed E-state index contributed by atoms with van der Waals surface area (Å²) in [5, 5.41) is 0. The van der Waals surface area contributed by atoms with E-state index >= 15 is 0 Å². The SMILES string of the molecule is O=S(=O)(O)c1ccc(Cc2c(-c3ccccc3)ssc2=S)cc1.[NaH]. The van der Waals surface area contributed by atoms with Gasteiger partial charge in [-0.15, -0.1) is 0 Å². The third kappa shape index (κ3) is 4.62. The number of rotatable bonds is 4. The van der Waals surface area contributed by atoms with E-state index in [2.05, 4.69) is 12.1 Å². The van der Waals surface area contributed by atoms with Crippen LogP contribution >= 0.6 is 32.9 Å². The molecule has 0 aliphatic carbocycles. The van der Waals surface area contributed by atoms with Crippen molar-refractivity contribution in [2.75, 3.05) is 0 Å². The van der Waals surface area contributed by atoms with Gasteiger partial charge in [0.2, 0.25) is 0 Å². The molecule has 0 atom stereocenters. The number of benzene rings is 2. The van der Waals surface area contributed by atoms with Crippen LogP contribution in [0.5, 0.6) is 0 Å². The first kappa shape index (κ1) is 19.9. The summed E-state index contributed by atoms with van der Waals surface area (Å²) >= 11 is 5.45. The summed E-state index contributed by atoms with van der Waals surface area (Å²) in [6.07, 6.45) is 0.634. The van der Waals surface area contributed by atoms with E-state index in [9.17, 15) is 8.42 Å². The second-order valence-corrected chi connectivity index (χ2v) is 9.16. The average molecular weight is 405 g/mol. The van der Waals surface area contributed by atoms with E-state index in [0.717, 1.165) is 25.4 Å². The van der Waals surface area contributed by atoms with Crippen molar-refractivity contribution in [3.63, 3.8) is 0 Å². The standard InChI is InChI=1S/C16H12O3S4.Na.H/c17-23(18,19)13-8-6-11(7-9-13)10-14-15(21-22-16(14)20)12-4-2-1-3-5-12;;/h1-9H,10H2,(H,17,18,19);;. The van der Waals surface area contributed by atoms with Gasteiger partial charge >= 0.3 is 29.6 Å². The molecule has 0 amide bonds. The second kappa shape index (κ2) is 8.33. The fraction of sp³-hybridized carbons (Fsp3) is 0.0625. The van der Waals surface area contributed by atoms with Gasteiger partial charge in [-0.1, -0.05) is 75.4 Å². The van der Waals surface area contributed by atoms with Gasteiger partial charge in [0, 0.05) is 12.0 Å². The molecule has 0 aliphatic rings. The third-order valence-corrected chi connectivity index (χ3v) is 7.42. The zero-order valence-corrected chi connectivity index (χ0v) is 15.1. The fourth-order valence-corrected chi connectivity index (χ4v) is 5.62. The molecule has 1 aromatic heterocycles. The second-order valence-electron chi connectivity index (χ2n) is 4.92. The van der Waals surface area contributed by atoms with E-state index in [1.165, 1.54) is 12.1 Å². The summed E-state index contributed by atoms with van der Waals surface area (Å²) in [6, 6.07) is 16.3. The average Bonchev–Trinajstić information content (AvgIpc) is 2.89. The molecule has 0 spiro atoms. The molecular weight excluding hydrogens is 391 g/mol. The van der Waals surface area contributed by atoms with Crippen molar-refractivity contribution in [2.24, 2.45) is 0 Å². The Labute approximate surface area is 175 Å². The molecule has 0 bridgehead atoms. The molecule has 3 nitrogen and oxygen atoms in total. The van der Waals surface area contributed by atoms with Crippen LogP contribution in [0.1, 0.15) is 11.1 Å². The summed E-state index contributed by atoms with van der Waals surface area (Å²) in [6.45, 7) is 0. The van der Waals surface area contributed by atoms with Crippen LogP contribution in [0, 0.1) is 3.82 Å². The molecule has 3 aromatic rings. The van der Waals surface area contributed by atoms with E-state index in [0.29, 0.717) is 6.42 Å². The molecule has 0 fully saturated rings. The van der Waals surface area contributed by atoms with Crippen molar-refractivity contribution >= 4 is 72.6 Å². The monoisotopic (exact) mass is 404 g/mol. The van der Waals surface area contributed by atoms with Crippen LogP contribution < -0.4 is 0 Å². The van der Waals surface area contributed by atoms with Gasteiger partial charge in [0.25, 0.3) is 10.1 Å². The van der Waals surface area contributed by atoms with Gasteiger partial charge in [0.1, 0.15) is 3.82 Å². The van der Waals surface area contributed by atoms with Crippen molar-refractivity contribution < 1.29 is 13.0 Å². The summed E-state index contributed by atoms with van der Waals surface area (Å²) in [5.41, 5.74) is 3.17. The minimum atomic E-state index is -4.16. The molecule has 0 saturated carbocycles. The Morgan fingerprint density at radius 1 is 0.958 bits per heavy atom. The zero-order valence-electron chi connectivity index (χ0n) is 11.8. The first-order valence-electron chi connectivity index (χ1n) is 6.69. The molecule has 0 aliphatic heterocycles. The van der Waals surface area contributed by atoms with Gasteiger partial charge in [-0.25, -0.2) is 0 Å². The first-order valence-corrected chi connectivity index (χ1v) is 10.7. The molecule has 120 valence electrons. The Bertz CT molecular complexity index is 974. The molecule has 0 unspecified atom stereocenters. The minimum absolute atomic E-state index is 0. The summed E-state index contributed by atoms with van der Waals surface area (Å²) < 4.78 is 32.1. The summed E-state index contributed by atoms with van der Waals surface area (Å²) in [5.74, 6) is 0. The predicted octanol–water partition coefficient (Wildman–Crippen LogP) is 4.40. The van der Waals surface area contributed by atoms with Gasteiger partial charge in [-0.3, -0.25) is 4.55 Å². The molecule has 0 saturated heterocycles. The maximum absolute atomic E-state index is 11.1. The summed E-state index contributed by atoms with van der Waals surface area (Å²) in [4.78, 5) is 1.05. The van der Waals surface area contributed by atoms with E-state index in [-0.39, 0.29) is 34.5 Å². The van der Waals surface area contributed by atoms with Crippen molar-refractivity contribution in [2.45, 2.75) is 11.3 Å². The van der Waals surface area contributed by atoms with Crippen LogP contribution in [-0.2, 0) is 16.5 Å². The van der Waals surface area contributed by atoms with Gasteiger partial charge < -0.3 is 0 Å². The molecular formula is C16H13NaO3S4. The van der Waals surface area contributed by atoms with Crippen LogP contribution in [0.2, 0.25) is 0 Å². The van der Waals surface area contributed by atoms with Gasteiger partial charge in [-0.2, -0.15) is 8.42 Å². The van der Waals surface area contributed by atoms with Gasteiger partial charge in [0.15, 0.2) is 0 Å². The van der Waals surface area contributed by atoms with Crippen LogP contribution in [0.4, 0.5) is 0 Å². The third-order valence-electron chi connectivity index (χ3n) is 3.36. The normalized spacial score (nSPS) is 11.0. The van der Waals surface area contributed by atoms with Gasteiger partial charge in [0.05, 0.1) is 9.77 Å².